The van der Waals surface area contributed by atoms with Crippen molar-refractivity contribution in [1.82, 2.24) is 5.32 Å². The van der Waals surface area contributed by atoms with Crippen LogP contribution < -0.4 is 10.2 Å². The predicted octanol–water partition coefficient (Wildman–Crippen LogP) is 3.56. The monoisotopic (exact) mass is 352 g/mol. The fourth-order valence-corrected chi connectivity index (χ4v) is 3.69. The Labute approximate surface area is 136 Å². The summed E-state index contributed by atoms with van der Waals surface area (Å²) in [5.41, 5.74) is 2.63. The van der Waals surface area contributed by atoms with Gasteiger partial charge in [0.05, 0.1) is 12.3 Å². The standard InChI is InChI=1S/C17H25BrN2O/c1-20(11-14-3-2-8-21-12-14)17-7-4-13(9-16(17)18)10-19-15-5-6-15/h4,7,9,14-15,19H,2-3,5-6,8,10-12H2,1H3. The number of nitrogens with one attached hydrogen (secondary N) is 1. The first-order chi connectivity index (χ1) is 10.2. The lowest BCUT2D eigenvalue weighted by molar-refractivity contribution is 0.0576. The minimum absolute atomic E-state index is 0.659. The van der Waals surface area contributed by atoms with Gasteiger partial charge in [-0.2, -0.15) is 0 Å². The summed E-state index contributed by atoms with van der Waals surface area (Å²) in [5, 5.41) is 3.56. The van der Waals surface area contributed by atoms with Crippen molar-refractivity contribution in [2.24, 2.45) is 5.92 Å². The average molecular weight is 353 g/mol. The van der Waals surface area contributed by atoms with Gasteiger partial charge in [-0.1, -0.05) is 6.07 Å². The van der Waals surface area contributed by atoms with Crippen molar-refractivity contribution >= 4 is 21.6 Å². The quantitative estimate of drug-likeness (QED) is 0.846. The third-order valence-corrected chi connectivity index (χ3v) is 5.02. The van der Waals surface area contributed by atoms with Crippen LogP contribution in [0.25, 0.3) is 0 Å². The van der Waals surface area contributed by atoms with Crippen molar-refractivity contribution in [1.29, 1.82) is 0 Å². The van der Waals surface area contributed by atoms with E-state index >= 15 is 0 Å². The van der Waals surface area contributed by atoms with Gasteiger partial charge in [0.25, 0.3) is 0 Å². The van der Waals surface area contributed by atoms with Crippen LogP contribution in [0.3, 0.4) is 0 Å². The van der Waals surface area contributed by atoms with E-state index in [1.54, 1.807) is 0 Å². The third kappa shape index (κ3) is 4.44. The topological polar surface area (TPSA) is 24.5 Å². The molecule has 1 aliphatic carbocycles. The summed E-state index contributed by atoms with van der Waals surface area (Å²) in [5.74, 6) is 0.659. The second-order valence-corrected chi connectivity index (χ2v) is 7.26. The Morgan fingerprint density at radius 2 is 2.19 bits per heavy atom. The van der Waals surface area contributed by atoms with Crippen LogP contribution in [0, 0.1) is 5.92 Å². The van der Waals surface area contributed by atoms with Gasteiger partial charge in [0.1, 0.15) is 0 Å². The summed E-state index contributed by atoms with van der Waals surface area (Å²) in [6.07, 6.45) is 5.16. The number of ether oxygens (including phenoxy) is 1. The zero-order valence-electron chi connectivity index (χ0n) is 12.8. The van der Waals surface area contributed by atoms with E-state index in [2.05, 4.69) is 51.4 Å². The van der Waals surface area contributed by atoms with Crippen molar-refractivity contribution in [3.63, 3.8) is 0 Å². The maximum atomic E-state index is 5.58. The van der Waals surface area contributed by atoms with Gasteiger partial charge >= 0.3 is 0 Å². The Morgan fingerprint density at radius 3 is 2.86 bits per heavy atom. The van der Waals surface area contributed by atoms with Gasteiger partial charge in [-0.25, -0.2) is 0 Å². The van der Waals surface area contributed by atoms with Crippen LogP contribution in [0.15, 0.2) is 22.7 Å². The molecule has 2 aliphatic rings. The lowest BCUT2D eigenvalue weighted by Crippen LogP contribution is -2.31. The van der Waals surface area contributed by atoms with Gasteiger partial charge in [-0.3, -0.25) is 0 Å². The molecule has 1 heterocycles. The molecular weight excluding hydrogens is 328 g/mol. The SMILES string of the molecule is CN(CC1CCCOC1)c1ccc(CNC2CC2)cc1Br. The summed E-state index contributed by atoms with van der Waals surface area (Å²) < 4.78 is 6.77. The van der Waals surface area contributed by atoms with Crippen LogP contribution in [0.4, 0.5) is 5.69 Å². The fraction of sp³-hybridized carbons (Fsp3) is 0.647. The van der Waals surface area contributed by atoms with E-state index in [0.29, 0.717) is 5.92 Å². The molecule has 0 aromatic heterocycles. The summed E-state index contributed by atoms with van der Waals surface area (Å²) in [7, 11) is 2.18. The number of anilines is 1. The molecule has 2 fully saturated rings. The summed E-state index contributed by atoms with van der Waals surface area (Å²) in [6, 6.07) is 7.48. The number of hydrogen-bond donors (Lipinski definition) is 1. The van der Waals surface area contributed by atoms with Gasteiger partial charge < -0.3 is 15.0 Å². The number of hydrogen-bond acceptors (Lipinski definition) is 3. The van der Waals surface area contributed by atoms with Crippen LogP contribution in [0.2, 0.25) is 0 Å². The van der Waals surface area contributed by atoms with E-state index < -0.39 is 0 Å². The molecule has 0 radical (unpaired) electrons. The maximum absolute atomic E-state index is 5.58. The Balaban J connectivity index is 1.57. The molecule has 116 valence electrons. The van der Waals surface area contributed by atoms with Crippen molar-refractivity contribution < 1.29 is 4.74 Å². The van der Waals surface area contributed by atoms with Gasteiger partial charge in [0, 0.05) is 37.3 Å². The first-order valence-corrected chi connectivity index (χ1v) is 8.82. The molecule has 1 aromatic carbocycles. The number of benzene rings is 1. The van der Waals surface area contributed by atoms with E-state index in [1.807, 2.05) is 0 Å². The highest BCUT2D eigenvalue weighted by Crippen LogP contribution is 2.28. The predicted molar refractivity (Wildman–Crippen MR) is 90.8 cm³/mol. The molecule has 3 nitrogen and oxygen atoms in total. The summed E-state index contributed by atoms with van der Waals surface area (Å²) >= 11 is 3.73. The fourth-order valence-electron chi connectivity index (χ4n) is 2.96. The van der Waals surface area contributed by atoms with Crippen LogP contribution >= 0.6 is 15.9 Å². The zero-order chi connectivity index (χ0) is 14.7. The first kappa shape index (κ1) is 15.3. The molecule has 1 atom stereocenters. The maximum Gasteiger partial charge on any atom is 0.0511 e. The van der Waals surface area contributed by atoms with E-state index in [9.17, 15) is 0 Å². The van der Waals surface area contributed by atoms with E-state index in [1.165, 1.54) is 41.4 Å². The Bertz CT molecular complexity index is 470. The Kier molecular flexibility index (Phi) is 5.19. The molecule has 21 heavy (non-hydrogen) atoms. The number of nitrogens with zero attached hydrogens (tertiary/aromatic N) is 1. The minimum Gasteiger partial charge on any atom is -0.381 e. The Morgan fingerprint density at radius 1 is 1.33 bits per heavy atom. The smallest absolute Gasteiger partial charge is 0.0511 e. The highest BCUT2D eigenvalue weighted by molar-refractivity contribution is 9.10. The van der Waals surface area contributed by atoms with Crippen LogP contribution in [0.5, 0.6) is 0 Å². The second-order valence-electron chi connectivity index (χ2n) is 6.40. The van der Waals surface area contributed by atoms with E-state index in [-0.39, 0.29) is 0 Å². The Hall–Kier alpha value is -0.580. The van der Waals surface area contributed by atoms with Crippen molar-refractivity contribution in [3.05, 3.63) is 28.2 Å². The largest absolute Gasteiger partial charge is 0.381 e. The molecule has 0 bridgehead atoms. The van der Waals surface area contributed by atoms with Crippen molar-refractivity contribution in [2.75, 3.05) is 31.7 Å². The van der Waals surface area contributed by atoms with Crippen molar-refractivity contribution in [3.8, 4) is 0 Å². The van der Waals surface area contributed by atoms with Crippen LogP contribution in [-0.4, -0.2) is 32.8 Å². The van der Waals surface area contributed by atoms with E-state index in [0.717, 1.165) is 32.3 Å². The minimum atomic E-state index is 0.659. The molecule has 1 unspecified atom stereocenters. The molecule has 0 amide bonds. The number of rotatable bonds is 6. The zero-order valence-corrected chi connectivity index (χ0v) is 14.4. The second kappa shape index (κ2) is 7.12. The molecule has 3 rings (SSSR count). The summed E-state index contributed by atoms with van der Waals surface area (Å²) in [4.78, 5) is 2.35. The van der Waals surface area contributed by atoms with Crippen LogP contribution in [0.1, 0.15) is 31.2 Å². The molecule has 1 N–H and O–H groups in total. The van der Waals surface area contributed by atoms with Gasteiger partial charge in [-0.05, 0) is 65.2 Å². The molecule has 1 saturated heterocycles. The molecule has 1 aliphatic heterocycles. The lowest BCUT2D eigenvalue weighted by atomic mass is 10.0. The van der Waals surface area contributed by atoms with Gasteiger partial charge in [0.2, 0.25) is 0 Å². The normalized spacial score (nSPS) is 22.3. The highest BCUT2D eigenvalue weighted by atomic mass is 79.9. The molecule has 1 aromatic rings. The molecular formula is C17H25BrN2O. The van der Waals surface area contributed by atoms with Gasteiger partial charge in [-0.15, -0.1) is 0 Å². The average Bonchev–Trinajstić information content (AvgIpc) is 3.30. The molecule has 4 heteroatoms. The van der Waals surface area contributed by atoms with Gasteiger partial charge in [0.15, 0.2) is 0 Å². The molecule has 0 spiro atoms. The highest BCUT2D eigenvalue weighted by Gasteiger charge is 2.20. The third-order valence-electron chi connectivity index (χ3n) is 4.38. The first-order valence-electron chi connectivity index (χ1n) is 8.03. The van der Waals surface area contributed by atoms with E-state index in [4.69, 9.17) is 4.74 Å². The summed E-state index contributed by atoms with van der Waals surface area (Å²) in [6.45, 7) is 3.89. The van der Waals surface area contributed by atoms with Crippen LogP contribution in [-0.2, 0) is 11.3 Å². The molecule has 1 saturated carbocycles. The number of halogens is 1. The lowest BCUT2D eigenvalue weighted by Gasteiger charge is -2.29. The van der Waals surface area contributed by atoms with Crippen molar-refractivity contribution in [2.45, 2.75) is 38.3 Å².